The molecular weight excluding hydrogens is 368 g/mol. The van der Waals surface area contributed by atoms with Crippen molar-refractivity contribution in [3.63, 3.8) is 0 Å². The molecule has 2 aliphatic rings. The Morgan fingerprint density at radius 3 is 2.83 bits per heavy atom. The molecule has 1 aromatic heterocycles. The maximum atomic E-state index is 13.0. The highest BCUT2D eigenvalue weighted by molar-refractivity contribution is 5.86. The second-order valence-electron chi connectivity index (χ2n) is 7.99. The van der Waals surface area contributed by atoms with Crippen LogP contribution < -0.4 is 10.6 Å². The summed E-state index contributed by atoms with van der Waals surface area (Å²) < 4.78 is 5.38. The van der Waals surface area contributed by atoms with Gasteiger partial charge in [0.2, 0.25) is 5.91 Å². The van der Waals surface area contributed by atoms with E-state index in [1.165, 1.54) is 0 Å². The van der Waals surface area contributed by atoms with E-state index < -0.39 is 5.54 Å². The monoisotopic (exact) mass is 394 g/mol. The summed E-state index contributed by atoms with van der Waals surface area (Å²) in [5, 5.41) is 16.2. The van der Waals surface area contributed by atoms with Crippen LogP contribution in [-0.2, 0) is 15.1 Å². The summed E-state index contributed by atoms with van der Waals surface area (Å²) in [7, 11) is 0. The molecule has 0 spiro atoms. The van der Waals surface area contributed by atoms with Crippen LogP contribution in [0.25, 0.3) is 11.0 Å². The summed E-state index contributed by atoms with van der Waals surface area (Å²) in [4.78, 5) is 24.1. The first-order chi connectivity index (χ1) is 14.1. The maximum Gasteiger partial charge on any atom is 0.234 e. The number of nitrogens with one attached hydrogen (secondary N) is 2. The number of ether oxygens (including phenoxy) is 1. The number of aromatic nitrogens is 2. The SMILES string of the molecule is C[C@@H]1CNC[C@](NC(=O)CN2CCOCC2)(c2ccc(C#N)c3nccnc23)C1. The number of carbonyl (C=O) groups excluding carboxylic acids is 1. The van der Waals surface area contributed by atoms with Crippen molar-refractivity contribution in [2.45, 2.75) is 18.9 Å². The number of piperidine rings is 1. The Labute approximate surface area is 170 Å². The Kier molecular flexibility index (Phi) is 5.72. The molecule has 2 aliphatic heterocycles. The molecule has 8 heteroatoms. The molecule has 1 amide bonds. The first-order valence-electron chi connectivity index (χ1n) is 10.1. The van der Waals surface area contributed by atoms with Gasteiger partial charge in [-0.25, -0.2) is 0 Å². The van der Waals surface area contributed by atoms with Crippen molar-refractivity contribution >= 4 is 16.9 Å². The van der Waals surface area contributed by atoms with Crippen LogP contribution in [0.5, 0.6) is 0 Å². The zero-order chi connectivity index (χ0) is 20.3. The van der Waals surface area contributed by atoms with Gasteiger partial charge in [-0.2, -0.15) is 5.26 Å². The zero-order valence-corrected chi connectivity index (χ0v) is 16.6. The van der Waals surface area contributed by atoms with E-state index in [9.17, 15) is 10.1 Å². The summed E-state index contributed by atoms with van der Waals surface area (Å²) in [6, 6.07) is 5.89. The maximum absolute atomic E-state index is 13.0. The molecule has 0 aliphatic carbocycles. The van der Waals surface area contributed by atoms with Gasteiger partial charge in [-0.3, -0.25) is 19.7 Å². The normalized spacial score (nSPS) is 25.4. The molecule has 1 aromatic carbocycles. The lowest BCUT2D eigenvalue weighted by Gasteiger charge is -2.42. The van der Waals surface area contributed by atoms with E-state index in [2.05, 4.69) is 38.5 Å². The Bertz CT molecular complexity index is 936. The van der Waals surface area contributed by atoms with E-state index in [0.29, 0.717) is 48.8 Å². The second kappa shape index (κ2) is 8.41. The molecule has 8 nitrogen and oxygen atoms in total. The second-order valence-corrected chi connectivity index (χ2v) is 7.99. The average Bonchev–Trinajstić information content (AvgIpc) is 2.73. The van der Waals surface area contributed by atoms with Crippen molar-refractivity contribution in [2.24, 2.45) is 5.92 Å². The van der Waals surface area contributed by atoms with Crippen LogP contribution in [0.4, 0.5) is 0 Å². The number of hydrogen-bond acceptors (Lipinski definition) is 7. The van der Waals surface area contributed by atoms with Gasteiger partial charge in [-0.15, -0.1) is 0 Å². The number of fused-ring (bicyclic) bond motifs is 1. The predicted molar refractivity (Wildman–Crippen MR) is 108 cm³/mol. The van der Waals surface area contributed by atoms with Crippen LogP contribution in [-0.4, -0.2) is 66.7 Å². The molecule has 3 heterocycles. The van der Waals surface area contributed by atoms with E-state index >= 15 is 0 Å². The minimum Gasteiger partial charge on any atom is -0.379 e. The largest absolute Gasteiger partial charge is 0.379 e. The van der Waals surface area contributed by atoms with E-state index in [4.69, 9.17) is 4.74 Å². The van der Waals surface area contributed by atoms with Gasteiger partial charge >= 0.3 is 0 Å². The van der Waals surface area contributed by atoms with Gasteiger partial charge in [0.1, 0.15) is 11.6 Å². The molecular formula is C21H26N6O2. The lowest BCUT2D eigenvalue weighted by Crippen LogP contribution is -2.59. The number of nitriles is 1. The van der Waals surface area contributed by atoms with Crippen LogP contribution in [0.15, 0.2) is 24.5 Å². The van der Waals surface area contributed by atoms with Crippen molar-refractivity contribution in [3.8, 4) is 6.07 Å². The summed E-state index contributed by atoms with van der Waals surface area (Å²) in [5.41, 5.74) is 2.06. The Morgan fingerprint density at radius 2 is 2.10 bits per heavy atom. The quantitative estimate of drug-likeness (QED) is 0.790. The Hall–Kier alpha value is -2.60. The molecule has 2 atom stereocenters. The molecule has 0 bridgehead atoms. The minimum absolute atomic E-state index is 0.01000. The van der Waals surface area contributed by atoms with Crippen LogP contribution >= 0.6 is 0 Å². The topological polar surface area (TPSA) is 103 Å². The predicted octanol–water partition coefficient (Wildman–Crippen LogP) is 0.775. The third kappa shape index (κ3) is 4.08. The Morgan fingerprint density at radius 1 is 1.34 bits per heavy atom. The Balaban J connectivity index is 1.70. The van der Waals surface area contributed by atoms with E-state index in [-0.39, 0.29) is 5.91 Å². The van der Waals surface area contributed by atoms with Crippen molar-refractivity contribution < 1.29 is 9.53 Å². The lowest BCUT2D eigenvalue weighted by molar-refractivity contribution is -0.125. The standard InChI is InChI=1S/C21H26N6O2/c1-15-10-21(14-23-12-15,26-18(28)13-27-6-8-29-9-7-27)17-3-2-16(11-22)19-20(17)25-5-4-24-19/h2-5,15,23H,6-10,12-14H2,1H3,(H,26,28)/t15-,21-/m0/s1. The van der Waals surface area contributed by atoms with Crippen LogP contribution in [0.3, 0.4) is 0 Å². The number of hydrogen-bond donors (Lipinski definition) is 2. The van der Waals surface area contributed by atoms with E-state index in [0.717, 1.165) is 31.6 Å². The molecule has 152 valence electrons. The van der Waals surface area contributed by atoms with E-state index in [1.807, 2.05) is 6.07 Å². The third-order valence-electron chi connectivity index (χ3n) is 5.73. The van der Waals surface area contributed by atoms with Gasteiger partial charge in [0.05, 0.1) is 36.4 Å². The first kappa shape index (κ1) is 19.7. The third-order valence-corrected chi connectivity index (χ3v) is 5.73. The smallest absolute Gasteiger partial charge is 0.234 e. The van der Waals surface area contributed by atoms with Gasteiger partial charge in [-0.1, -0.05) is 13.0 Å². The number of benzene rings is 1. The molecule has 0 saturated carbocycles. The fourth-order valence-electron chi connectivity index (χ4n) is 4.44. The molecule has 29 heavy (non-hydrogen) atoms. The molecule has 0 unspecified atom stereocenters. The molecule has 2 N–H and O–H groups in total. The van der Waals surface area contributed by atoms with Crippen LogP contribution in [0.1, 0.15) is 24.5 Å². The van der Waals surface area contributed by atoms with E-state index in [1.54, 1.807) is 18.5 Å². The fourth-order valence-corrected chi connectivity index (χ4v) is 4.44. The van der Waals surface area contributed by atoms with Crippen molar-refractivity contribution in [3.05, 3.63) is 35.7 Å². The van der Waals surface area contributed by atoms with Crippen molar-refractivity contribution in [1.82, 2.24) is 25.5 Å². The molecule has 0 radical (unpaired) electrons. The molecule has 2 aromatic rings. The van der Waals surface area contributed by atoms with Gasteiger partial charge in [0.25, 0.3) is 0 Å². The molecule has 4 rings (SSSR count). The number of nitrogens with zero attached hydrogens (tertiary/aromatic N) is 4. The highest BCUT2D eigenvalue weighted by Gasteiger charge is 2.40. The van der Waals surface area contributed by atoms with Crippen LogP contribution in [0, 0.1) is 17.2 Å². The highest BCUT2D eigenvalue weighted by atomic mass is 16.5. The fraction of sp³-hybridized carbons (Fsp3) is 0.524. The van der Waals surface area contributed by atoms with Crippen molar-refractivity contribution in [2.75, 3.05) is 45.9 Å². The zero-order valence-electron chi connectivity index (χ0n) is 16.6. The van der Waals surface area contributed by atoms with Gasteiger partial charge in [-0.05, 0) is 24.9 Å². The lowest BCUT2D eigenvalue weighted by atomic mass is 9.78. The summed E-state index contributed by atoms with van der Waals surface area (Å²) >= 11 is 0. The molecule has 2 fully saturated rings. The van der Waals surface area contributed by atoms with Gasteiger partial charge < -0.3 is 15.4 Å². The minimum atomic E-state index is -0.594. The number of amides is 1. The average molecular weight is 394 g/mol. The van der Waals surface area contributed by atoms with Gasteiger partial charge in [0, 0.05) is 37.6 Å². The number of carbonyl (C=O) groups is 1. The number of rotatable bonds is 4. The molecule has 2 saturated heterocycles. The van der Waals surface area contributed by atoms with Crippen molar-refractivity contribution in [1.29, 1.82) is 5.26 Å². The summed E-state index contributed by atoms with van der Waals surface area (Å²) in [6.45, 7) is 6.89. The van der Waals surface area contributed by atoms with Crippen LogP contribution in [0.2, 0.25) is 0 Å². The summed E-state index contributed by atoms with van der Waals surface area (Å²) in [5.74, 6) is 0.374. The summed E-state index contributed by atoms with van der Waals surface area (Å²) in [6.07, 6.45) is 4.03. The highest BCUT2D eigenvalue weighted by Crippen LogP contribution is 2.35. The van der Waals surface area contributed by atoms with Gasteiger partial charge in [0.15, 0.2) is 0 Å². The number of morpholine rings is 1. The first-order valence-corrected chi connectivity index (χ1v) is 10.1.